The zero-order chi connectivity index (χ0) is 23.4. The number of phenols is 1. The van der Waals surface area contributed by atoms with Crippen molar-refractivity contribution >= 4 is 12.2 Å². The minimum atomic E-state index is -4.48. The molecule has 0 aromatic heterocycles. The van der Waals surface area contributed by atoms with Gasteiger partial charge in [-0.2, -0.15) is 13.2 Å². The molecule has 33 heavy (non-hydrogen) atoms. The first-order valence-corrected chi connectivity index (χ1v) is 10.5. The Balaban J connectivity index is 1.28. The summed E-state index contributed by atoms with van der Waals surface area (Å²) in [7, 11) is 0. The molecule has 7 heteroatoms. The van der Waals surface area contributed by atoms with Crippen molar-refractivity contribution in [1.29, 1.82) is 0 Å². The van der Waals surface area contributed by atoms with Gasteiger partial charge in [-0.15, -0.1) is 0 Å². The van der Waals surface area contributed by atoms with Crippen LogP contribution >= 0.6 is 0 Å². The highest BCUT2D eigenvalue weighted by atomic mass is 19.4. The van der Waals surface area contributed by atoms with E-state index in [1.807, 2.05) is 36.4 Å². The smallest absolute Gasteiger partial charge is 0.416 e. The van der Waals surface area contributed by atoms with Crippen LogP contribution in [0.5, 0.6) is 5.75 Å². The normalized spacial score (nSPS) is 13.1. The number of hydrogen-bond acceptors (Lipinski definition) is 3. The van der Waals surface area contributed by atoms with E-state index in [4.69, 9.17) is 4.74 Å². The summed E-state index contributed by atoms with van der Waals surface area (Å²) in [4.78, 5) is 12.1. The SMILES string of the molecule is O=C(NCCC=Cc1cc(C(F)(F)F)ccc1O)OCC1c2ccccc2-c2ccccc21. The first kappa shape index (κ1) is 22.5. The van der Waals surface area contributed by atoms with Crippen LogP contribution in [-0.2, 0) is 10.9 Å². The lowest BCUT2D eigenvalue weighted by molar-refractivity contribution is -0.137. The standard InChI is InChI=1S/C26H22F3NO3/c27-26(28,29)18-12-13-24(31)17(15-18)7-5-6-14-30-25(32)33-16-23-21-10-3-1-8-19(21)20-9-2-4-11-22(20)23/h1-5,7-13,15,23,31H,6,14,16H2,(H,30,32). The fraction of sp³-hybridized carbons (Fsp3) is 0.192. The zero-order valence-electron chi connectivity index (χ0n) is 17.6. The van der Waals surface area contributed by atoms with Crippen molar-refractivity contribution in [2.45, 2.75) is 18.5 Å². The van der Waals surface area contributed by atoms with Crippen molar-refractivity contribution in [1.82, 2.24) is 5.32 Å². The second-order valence-electron chi connectivity index (χ2n) is 7.71. The second kappa shape index (κ2) is 9.40. The molecule has 0 radical (unpaired) electrons. The van der Waals surface area contributed by atoms with Crippen LogP contribution in [0.2, 0.25) is 0 Å². The third-order valence-corrected chi connectivity index (χ3v) is 5.58. The average molecular weight is 453 g/mol. The quantitative estimate of drug-likeness (QED) is 0.428. The van der Waals surface area contributed by atoms with Crippen LogP contribution in [0, 0.1) is 0 Å². The Morgan fingerprint density at radius 1 is 1.00 bits per heavy atom. The number of carbonyl (C=O) groups excluding carboxylic acids is 1. The lowest BCUT2D eigenvalue weighted by Gasteiger charge is -2.14. The van der Waals surface area contributed by atoms with Gasteiger partial charge in [-0.1, -0.05) is 60.7 Å². The average Bonchev–Trinajstić information content (AvgIpc) is 3.11. The minimum Gasteiger partial charge on any atom is -0.507 e. The molecule has 0 spiro atoms. The highest BCUT2D eigenvalue weighted by Crippen LogP contribution is 2.44. The monoisotopic (exact) mass is 453 g/mol. The van der Waals surface area contributed by atoms with E-state index < -0.39 is 17.8 Å². The molecular weight excluding hydrogens is 431 g/mol. The number of benzene rings is 3. The number of halogens is 3. The van der Waals surface area contributed by atoms with Crippen LogP contribution in [-0.4, -0.2) is 24.4 Å². The fourth-order valence-corrected chi connectivity index (χ4v) is 3.98. The van der Waals surface area contributed by atoms with E-state index in [1.165, 1.54) is 6.08 Å². The summed E-state index contributed by atoms with van der Waals surface area (Å²) < 4.78 is 43.9. The van der Waals surface area contributed by atoms with E-state index in [1.54, 1.807) is 6.08 Å². The van der Waals surface area contributed by atoms with E-state index in [0.29, 0.717) is 6.42 Å². The highest BCUT2D eigenvalue weighted by molar-refractivity contribution is 5.79. The Morgan fingerprint density at radius 3 is 2.27 bits per heavy atom. The van der Waals surface area contributed by atoms with Gasteiger partial charge in [0.25, 0.3) is 0 Å². The fourth-order valence-electron chi connectivity index (χ4n) is 3.98. The number of amides is 1. The van der Waals surface area contributed by atoms with Crippen LogP contribution in [0.4, 0.5) is 18.0 Å². The Labute approximate surface area is 189 Å². The Hall–Kier alpha value is -3.74. The van der Waals surface area contributed by atoms with E-state index >= 15 is 0 Å². The van der Waals surface area contributed by atoms with Crippen molar-refractivity contribution in [2.24, 2.45) is 0 Å². The molecule has 2 N–H and O–H groups in total. The number of nitrogens with one attached hydrogen (secondary N) is 1. The summed E-state index contributed by atoms with van der Waals surface area (Å²) in [6.07, 6.45) is -1.71. The van der Waals surface area contributed by atoms with E-state index in [-0.39, 0.29) is 30.4 Å². The molecule has 0 atom stereocenters. The molecule has 170 valence electrons. The molecule has 1 amide bonds. The predicted octanol–water partition coefficient (Wildman–Crippen LogP) is 6.35. The zero-order valence-corrected chi connectivity index (χ0v) is 17.6. The van der Waals surface area contributed by atoms with Gasteiger partial charge in [-0.3, -0.25) is 0 Å². The number of aromatic hydroxyl groups is 1. The van der Waals surface area contributed by atoms with Gasteiger partial charge in [0.1, 0.15) is 12.4 Å². The summed E-state index contributed by atoms with van der Waals surface area (Å²) in [5.41, 5.74) is 3.75. The van der Waals surface area contributed by atoms with Crippen LogP contribution in [0.15, 0.2) is 72.8 Å². The molecule has 3 aromatic rings. The third-order valence-electron chi connectivity index (χ3n) is 5.58. The number of ether oxygens (including phenoxy) is 1. The number of carbonyl (C=O) groups is 1. The summed E-state index contributed by atoms with van der Waals surface area (Å²) in [6, 6.07) is 18.8. The molecule has 0 saturated heterocycles. The number of alkyl halides is 3. The van der Waals surface area contributed by atoms with Gasteiger partial charge in [0.2, 0.25) is 0 Å². The van der Waals surface area contributed by atoms with Crippen molar-refractivity contribution in [3.8, 4) is 16.9 Å². The maximum Gasteiger partial charge on any atom is 0.416 e. The predicted molar refractivity (Wildman–Crippen MR) is 120 cm³/mol. The molecule has 0 fully saturated rings. The van der Waals surface area contributed by atoms with Gasteiger partial charge in [-0.05, 0) is 46.9 Å². The van der Waals surface area contributed by atoms with Crippen molar-refractivity contribution in [3.05, 3.63) is 95.1 Å². The number of fused-ring (bicyclic) bond motifs is 3. The molecule has 0 saturated carbocycles. The number of phenolic OH excluding ortho intramolecular Hbond substituents is 1. The van der Waals surface area contributed by atoms with Crippen molar-refractivity contribution < 1.29 is 27.8 Å². The molecule has 0 heterocycles. The maximum absolute atomic E-state index is 12.8. The molecule has 0 aliphatic heterocycles. The van der Waals surface area contributed by atoms with Crippen molar-refractivity contribution in [3.63, 3.8) is 0 Å². The van der Waals surface area contributed by atoms with E-state index in [0.717, 1.165) is 40.5 Å². The van der Waals surface area contributed by atoms with Gasteiger partial charge < -0.3 is 15.2 Å². The van der Waals surface area contributed by atoms with Crippen LogP contribution in [0.25, 0.3) is 17.2 Å². The molecular formula is C26H22F3NO3. The molecule has 1 aliphatic carbocycles. The van der Waals surface area contributed by atoms with Crippen molar-refractivity contribution in [2.75, 3.05) is 13.2 Å². The molecule has 4 rings (SSSR count). The summed E-state index contributed by atoms with van der Waals surface area (Å²) in [5, 5.41) is 12.4. The lowest BCUT2D eigenvalue weighted by atomic mass is 9.98. The second-order valence-corrected chi connectivity index (χ2v) is 7.71. The molecule has 1 aliphatic rings. The molecule has 0 bridgehead atoms. The van der Waals surface area contributed by atoms with Gasteiger partial charge in [0.15, 0.2) is 0 Å². The molecule has 4 nitrogen and oxygen atoms in total. The molecule has 3 aromatic carbocycles. The first-order valence-electron chi connectivity index (χ1n) is 10.5. The lowest BCUT2D eigenvalue weighted by Crippen LogP contribution is -2.26. The molecule has 0 unspecified atom stereocenters. The van der Waals surface area contributed by atoms with Gasteiger partial charge >= 0.3 is 12.3 Å². The van der Waals surface area contributed by atoms with Gasteiger partial charge in [0.05, 0.1) is 5.56 Å². The minimum absolute atomic E-state index is 0.0352. The Kier molecular flexibility index (Phi) is 6.40. The van der Waals surface area contributed by atoms with Crippen LogP contribution < -0.4 is 5.32 Å². The Morgan fingerprint density at radius 2 is 1.64 bits per heavy atom. The number of rotatable bonds is 6. The summed E-state index contributed by atoms with van der Waals surface area (Å²) in [6.45, 7) is 0.445. The number of alkyl carbamates (subject to hydrolysis) is 1. The largest absolute Gasteiger partial charge is 0.507 e. The third kappa shape index (κ3) is 5.03. The van der Waals surface area contributed by atoms with E-state index in [2.05, 4.69) is 17.4 Å². The van der Waals surface area contributed by atoms with Crippen LogP contribution in [0.3, 0.4) is 0 Å². The van der Waals surface area contributed by atoms with E-state index in [9.17, 15) is 23.1 Å². The number of hydrogen-bond donors (Lipinski definition) is 2. The Bertz CT molecular complexity index is 1140. The topological polar surface area (TPSA) is 58.6 Å². The maximum atomic E-state index is 12.8. The van der Waals surface area contributed by atoms with Gasteiger partial charge in [-0.25, -0.2) is 4.79 Å². The first-order chi connectivity index (χ1) is 15.8. The van der Waals surface area contributed by atoms with Gasteiger partial charge in [0, 0.05) is 18.0 Å². The summed E-state index contributed by atoms with van der Waals surface area (Å²) in [5.74, 6) is -0.282. The summed E-state index contributed by atoms with van der Waals surface area (Å²) >= 11 is 0. The highest BCUT2D eigenvalue weighted by Gasteiger charge is 2.31. The van der Waals surface area contributed by atoms with Crippen LogP contribution in [0.1, 0.15) is 34.6 Å².